The van der Waals surface area contributed by atoms with Crippen LogP contribution in [0.1, 0.15) is 21.1 Å². The van der Waals surface area contributed by atoms with Crippen LogP contribution in [-0.4, -0.2) is 15.9 Å². The fourth-order valence-electron chi connectivity index (χ4n) is 1.42. The van der Waals surface area contributed by atoms with Gasteiger partial charge in [0, 0.05) is 15.4 Å². The third-order valence-electron chi connectivity index (χ3n) is 2.35. The molecule has 0 aliphatic heterocycles. The van der Waals surface area contributed by atoms with Gasteiger partial charge in [-0.1, -0.05) is 12.2 Å². The van der Waals surface area contributed by atoms with Gasteiger partial charge in [-0.2, -0.15) is 0 Å². The standard InChI is InChI=1S/C12H10BrN3OS2/c1-6-15-10(5-19-6)12(17)16-9-3-2-7(11(14)18)4-8(9)13/h2-5H,1H3,(H2,14,18)(H,16,17). The summed E-state index contributed by atoms with van der Waals surface area (Å²) in [6, 6.07) is 5.27. The Morgan fingerprint density at radius 1 is 1.53 bits per heavy atom. The largest absolute Gasteiger partial charge is 0.389 e. The molecule has 98 valence electrons. The van der Waals surface area contributed by atoms with Crippen LogP contribution in [0.5, 0.6) is 0 Å². The van der Waals surface area contributed by atoms with E-state index in [1.807, 2.05) is 6.92 Å². The van der Waals surface area contributed by atoms with Gasteiger partial charge in [0.05, 0.1) is 10.7 Å². The van der Waals surface area contributed by atoms with Gasteiger partial charge in [0.1, 0.15) is 10.7 Å². The first-order valence-electron chi connectivity index (χ1n) is 5.30. The van der Waals surface area contributed by atoms with Crippen LogP contribution >= 0.6 is 39.5 Å². The highest BCUT2D eigenvalue weighted by Crippen LogP contribution is 2.24. The number of aromatic nitrogens is 1. The Balaban J connectivity index is 2.20. The molecule has 0 saturated heterocycles. The lowest BCUT2D eigenvalue weighted by Gasteiger charge is -2.07. The summed E-state index contributed by atoms with van der Waals surface area (Å²) in [4.78, 5) is 16.4. The van der Waals surface area contributed by atoms with E-state index in [1.54, 1.807) is 23.6 Å². The zero-order chi connectivity index (χ0) is 14.0. The third kappa shape index (κ3) is 3.37. The van der Waals surface area contributed by atoms with Crippen LogP contribution in [0.25, 0.3) is 0 Å². The molecule has 7 heteroatoms. The molecule has 0 aliphatic carbocycles. The lowest BCUT2D eigenvalue weighted by atomic mass is 10.2. The summed E-state index contributed by atoms with van der Waals surface area (Å²) in [5.74, 6) is -0.242. The molecule has 3 N–H and O–H groups in total. The normalized spacial score (nSPS) is 10.2. The molecule has 0 unspecified atom stereocenters. The molecule has 1 amide bonds. The van der Waals surface area contributed by atoms with Crippen LogP contribution < -0.4 is 11.1 Å². The predicted octanol–water partition coefficient (Wildman–Crippen LogP) is 3.10. The van der Waals surface area contributed by atoms with Crippen molar-refractivity contribution in [3.63, 3.8) is 0 Å². The number of nitrogens with one attached hydrogen (secondary N) is 1. The van der Waals surface area contributed by atoms with Crippen molar-refractivity contribution in [3.8, 4) is 0 Å². The number of benzene rings is 1. The number of rotatable bonds is 3. The van der Waals surface area contributed by atoms with Crippen molar-refractivity contribution in [2.75, 3.05) is 5.32 Å². The second-order valence-electron chi connectivity index (χ2n) is 3.76. The number of amides is 1. The predicted molar refractivity (Wildman–Crippen MR) is 84.8 cm³/mol. The molecular formula is C12H10BrN3OS2. The molecule has 0 spiro atoms. The quantitative estimate of drug-likeness (QED) is 0.830. The summed E-state index contributed by atoms with van der Waals surface area (Å²) in [6.45, 7) is 1.86. The van der Waals surface area contributed by atoms with Crippen molar-refractivity contribution in [1.29, 1.82) is 0 Å². The van der Waals surface area contributed by atoms with Crippen LogP contribution in [0.3, 0.4) is 0 Å². The fraction of sp³-hybridized carbons (Fsp3) is 0.0833. The minimum atomic E-state index is -0.242. The second-order valence-corrected chi connectivity index (χ2v) is 6.12. The molecule has 0 bridgehead atoms. The molecule has 0 fully saturated rings. The molecule has 1 aromatic carbocycles. The average Bonchev–Trinajstić information content (AvgIpc) is 2.78. The first-order chi connectivity index (χ1) is 8.97. The number of thiazole rings is 1. The highest BCUT2D eigenvalue weighted by molar-refractivity contribution is 9.10. The molecule has 0 radical (unpaired) electrons. The van der Waals surface area contributed by atoms with E-state index in [-0.39, 0.29) is 5.91 Å². The Morgan fingerprint density at radius 2 is 2.26 bits per heavy atom. The van der Waals surface area contributed by atoms with Crippen molar-refractivity contribution in [2.24, 2.45) is 5.73 Å². The molecule has 1 aromatic heterocycles. The number of carbonyl (C=O) groups excluding carboxylic acids is 1. The number of nitrogens with zero attached hydrogens (tertiary/aromatic N) is 1. The van der Waals surface area contributed by atoms with Crippen LogP contribution in [-0.2, 0) is 0 Å². The van der Waals surface area contributed by atoms with Gasteiger partial charge in [-0.05, 0) is 41.1 Å². The monoisotopic (exact) mass is 355 g/mol. The maximum Gasteiger partial charge on any atom is 0.275 e. The Morgan fingerprint density at radius 3 is 2.79 bits per heavy atom. The zero-order valence-electron chi connectivity index (χ0n) is 9.94. The van der Waals surface area contributed by atoms with E-state index in [2.05, 4.69) is 26.2 Å². The molecule has 0 saturated carbocycles. The van der Waals surface area contributed by atoms with Crippen LogP contribution in [0.15, 0.2) is 28.1 Å². The van der Waals surface area contributed by atoms with Crippen molar-refractivity contribution < 1.29 is 4.79 Å². The molecule has 1 heterocycles. The molecule has 0 atom stereocenters. The number of halogens is 1. The summed E-state index contributed by atoms with van der Waals surface area (Å²) in [5.41, 5.74) is 7.34. The summed E-state index contributed by atoms with van der Waals surface area (Å²) >= 11 is 9.70. The van der Waals surface area contributed by atoms with E-state index in [1.165, 1.54) is 11.3 Å². The maximum absolute atomic E-state index is 12.0. The van der Waals surface area contributed by atoms with Crippen LogP contribution in [0.2, 0.25) is 0 Å². The molecule has 19 heavy (non-hydrogen) atoms. The number of carbonyl (C=O) groups is 1. The van der Waals surface area contributed by atoms with Crippen molar-refractivity contribution in [1.82, 2.24) is 4.98 Å². The Bertz CT molecular complexity index is 654. The van der Waals surface area contributed by atoms with Crippen molar-refractivity contribution >= 4 is 56.1 Å². The van der Waals surface area contributed by atoms with E-state index >= 15 is 0 Å². The second kappa shape index (κ2) is 5.77. The zero-order valence-corrected chi connectivity index (χ0v) is 13.2. The van der Waals surface area contributed by atoms with Crippen molar-refractivity contribution in [2.45, 2.75) is 6.92 Å². The van der Waals surface area contributed by atoms with Gasteiger partial charge in [-0.25, -0.2) is 4.98 Å². The third-order valence-corrected chi connectivity index (χ3v) is 4.02. The highest BCUT2D eigenvalue weighted by Gasteiger charge is 2.11. The summed E-state index contributed by atoms with van der Waals surface area (Å²) in [7, 11) is 0. The lowest BCUT2D eigenvalue weighted by molar-refractivity contribution is 0.102. The number of anilines is 1. The lowest BCUT2D eigenvalue weighted by Crippen LogP contribution is -2.14. The number of hydrogen-bond acceptors (Lipinski definition) is 4. The Labute approximate surface area is 128 Å². The first-order valence-corrected chi connectivity index (χ1v) is 7.38. The number of nitrogens with two attached hydrogens (primary N) is 1. The van der Waals surface area contributed by atoms with Gasteiger partial charge in [0.25, 0.3) is 5.91 Å². The smallest absolute Gasteiger partial charge is 0.275 e. The minimum absolute atomic E-state index is 0.242. The first kappa shape index (κ1) is 14.1. The Kier molecular flexibility index (Phi) is 4.28. The fourth-order valence-corrected chi connectivity index (χ4v) is 2.62. The average molecular weight is 356 g/mol. The SMILES string of the molecule is Cc1nc(C(=O)Nc2ccc(C(N)=S)cc2Br)cs1. The topological polar surface area (TPSA) is 68.0 Å². The summed E-state index contributed by atoms with van der Waals surface area (Å²) in [6.07, 6.45) is 0. The van der Waals surface area contributed by atoms with Gasteiger partial charge in [-0.3, -0.25) is 4.79 Å². The van der Waals surface area contributed by atoms with Gasteiger partial charge in [0.2, 0.25) is 0 Å². The van der Waals surface area contributed by atoms with Gasteiger partial charge in [0.15, 0.2) is 0 Å². The van der Waals surface area contributed by atoms with Gasteiger partial charge >= 0.3 is 0 Å². The molecule has 4 nitrogen and oxygen atoms in total. The molecule has 2 aromatic rings. The number of hydrogen-bond donors (Lipinski definition) is 2. The van der Waals surface area contributed by atoms with Gasteiger partial charge < -0.3 is 11.1 Å². The van der Waals surface area contributed by atoms with Crippen molar-refractivity contribution in [3.05, 3.63) is 44.3 Å². The number of thiocarbonyl (C=S) groups is 1. The molecule has 2 rings (SSSR count). The number of aryl methyl sites for hydroxylation is 1. The van der Waals surface area contributed by atoms with Crippen LogP contribution in [0.4, 0.5) is 5.69 Å². The van der Waals surface area contributed by atoms with E-state index < -0.39 is 0 Å². The minimum Gasteiger partial charge on any atom is -0.389 e. The van der Waals surface area contributed by atoms with E-state index in [0.29, 0.717) is 16.4 Å². The maximum atomic E-state index is 12.0. The Hall–Kier alpha value is -1.31. The van der Waals surface area contributed by atoms with E-state index in [4.69, 9.17) is 18.0 Å². The molecular weight excluding hydrogens is 346 g/mol. The summed E-state index contributed by atoms with van der Waals surface area (Å²) in [5, 5.41) is 5.36. The summed E-state index contributed by atoms with van der Waals surface area (Å²) < 4.78 is 0.720. The molecule has 0 aliphatic rings. The van der Waals surface area contributed by atoms with E-state index in [9.17, 15) is 4.79 Å². The highest BCUT2D eigenvalue weighted by atomic mass is 79.9. The van der Waals surface area contributed by atoms with E-state index in [0.717, 1.165) is 15.0 Å². The van der Waals surface area contributed by atoms with Crippen LogP contribution in [0, 0.1) is 6.92 Å². The van der Waals surface area contributed by atoms with Gasteiger partial charge in [-0.15, -0.1) is 11.3 Å².